The number of hydrogen-bond acceptors (Lipinski definition) is 4. The number of hydrogen-bond donors (Lipinski definition) is 3. The van der Waals surface area contributed by atoms with Gasteiger partial charge in [0.1, 0.15) is 6.04 Å². The van der Waals surface area contributed by atoms with Gasteiger partial charge in [0.25, 0.3) is 5.91 Å². The zero-order valence-corrected chi connectivity index (χ0v) is 12.5. The minimum atomic E-state index is -1.19. The highest BCUT2D eigenvalue weighted by molar-refractivity contribution is 7.97. The van der Waals surface area contributed by atoms with E-state index in [1.165, 1.54) is 0 Å². The minimum absolute atomic E-state index is 0.0269. The maximum absolute atomic E-state index is 12.1. The van der Waals surface area contributed by atoms with Crippen LogP contribution in [-0.4, -0.2) is 35.2 Å². The van der Waals surface area contributed by atoms with Crippen LogP contribution in [0.1, 0.15) is 28.8 Å². The molecule has 114 valence electrons. The monoisotopic (exact) mass is 310 g/mol. The van der Waals surface area contributed by atoms with Gasteiger partial charge >= 0.3 is 5.97 Å². The van der Waals surface area contributed by atoms with Crippen LogP contribution in [0.25, 0.3) is 0 Å². The highest BCUT2D eigenvalue weighted by Gasteiger charge is 2.21. The van der Waals surface area contributed by atoms with E-state index in [2.05, 4.69) is 5.32 Å². The molecule has 0 bridgehead atoms. The summed E-state index contributed by atoms with van der Waals surface area (Å²) in [5.41, 5.74) is 6.37. The Kier molecular flexibility index (Phi) is 6.74. The summed E-state index contributed by atoms with van der Waals surface area (Å²) in [5, 5.41) is 11.5. The number of nitrogens with one attached hydrogen (secondary N) is 1. The highest BCUT2D eigenvalue weighted by Crippen LogP contribution is 2.12. The van der Waals surface area contributed by atoms with Crippen LogP contribution in [0.2, 0.25) is 0 Å². The van der Waals surface area contributed by atoms with E-state index in [1.807, 2.05) is 12.3 Å². The molecule has 0 aliphatic rings. The number of carboxylic acids is 1. The molecule has 1 unspecified atom stereocenters. The second-order valence-corrected chi connectivity index (χ2v) is 5.37. The van der Waals surface area contributed by atoms with E-state index in [0.717, 1.165) is 11.3 Å². The number of carbonyl (C=O) groups is 3. The number of thioether (sulfide) groups is 1. The fraction of sp³-hybridized carbons (Fsp3) is 0.357. The van der Waals surface area contributed by atoms with E-state index in [1.54, 1.807) is 30.0 Å². The summed E-state index contributed by atoms with van der Waals surface area (Å²) in [6, 6.07) is 5.86. The first kappa shape index (κ1) is 17.0. The molecule has 2 amide bonds. The third-order valence-corrected chi connectivity index (χ3v) is 3.41. The van der Waals surface area contributed by atoms with Crippen molar-refractivity contribution in [3.8, 4) is 0 Å². The molecule has 0 aliphatic heterocycles. The summed E-state index contributed by atoms with van der Waals surface area (Å²) in [7, 11) is 0. The summed E-state index contributed by atoms with van der Waals surface area (Å²) in [6.45, 7) is 0. The molecule has 21 heavy (non-hydrogen) atoms. The average molecular weight is 310 g/mol. The number of carboxylic acid groups (broad SMARTS) is 1. The van der Waals surface area contributed by atoms with Gasteiger partial charge in [-0.15, -0.1) is 0 Å². The Balaban J connectivity index is 2.74. The van der Waals surface area contributed by atoms with Crippen molar-refractivity contribution in [2.45, 2.75) is 24.6 Å². The first-order valence-electron chi connectivity index (χ1n) is 6.34. The lowest BCUT2D eigenvalue weighted by Crippen LogP contribution is -2.41. The number of carbonyl (C=O) groups excluding carboxylic acids is 2. The Morgan fingerprint density at radius 2 is 2.10 bits per heavy atom. The van der Waals surface area contributed by atoms with Crippen molar-refractivity contribution in [2.75, 3.05) is 6.26 Å². The topological polar surface area (TPSA) is 109 Å². The summed E-state index contributed by atoms with van der Waals surface area (Å²) < 4.78 is 0. The molecular weight excluding hydrogens is 292 g/mol. The van der Waals surface area contributed by atoms with Crippen LogP contribution in [-0.2, 0) is 15.3 Å². The number of nitrogens with two attached hydrogens (primary N) is 1. The Labute approximate surface area is 127 Å². The summed E-state index contributed by atoms with van der Waals surface area (Å²) in [4.78, 5) is 33.9. The maximum atomic E-state index is 12.1. The fourth-order valence-electron chi connectivity index (χ4n) is 1.75. The average Bonchev–Trinajstić information content (AvgIpc) is 2.43. The predicted octanol–water partition coefficient (Wildman–Crippen LogP) is 0.998. The number of aliphatic carboxylic acids is 1. The van der Waals surface area contributed by atoms with Gasteiger partial charge in [0.05, 0.1) is 0 Å². The second-order valence-electron chi connectivity index (χ2n) is 4.50. The first-order chi connectivity index (χ1) is 9.93. The summed E-state index contributed by atoms with van der Waals surface area (Å²) in [5.74, 6) is -1.50. The molecule has 1 aromatic carbocycles. The van der Waals surface area contributed by atoms with Crippen LogP contribution < -0.4 is 11.1 Å². The Morgan fingerprint density at radius 1 is 1.38 bits per heavy atom. The molecule has 1 atom stereocenters. The maximum Gasteiger partial charge on any atom is 0.326 e. The van der Waals surface area contributed by atoms with Crippen molar-refractivity contribution in [3.05, 3.63) is 35.4 Å². The lowest BCUT2D eigenvalue weighted by molar-refractivity contribution is -0.139. The summed E-state index contributed by atoms with van der Waals surface area (Å²) in [6.07, 6.45) is 1.84. The lowest BCUT2D eigenvalue weighted by atomic mass is 10.1. The molecule has 0 aromatic heterocycles. The van der Waals surface area contributed by atoms with E-state index >= 15 is 0 Å². The van der Waals surface area contributed by atoms with Crippen LogP contribution in [0, 0.1) is 0 Å². The molecule has 7 heteroatoms. The Bertz CT molecular complexity index is 533. The first-order valence-corrected chi connectivity index (χ1v) is 7.73. The van der Waals surface area contributed by atoms with Crippen molar-refractivity contribution in [2.24, 2.45) is 5.73 Å². The molecule has 1 aromatic rings. The van der Waals surface area contributed by atoms with Crippen molar-refractivity contribution in [3.63, 3.8) is 0 Å². The SMILES string of the molecule is CSCc1cccc(C(=O)NC(CCC(N)=O)C(=O)O)c1. The second kappa shape index (κ2) is 8.31. The van der Waals surface area contributed by atoms with E-state index in [-0.39, 0.29) is 12.8 Å². The molecule has 1 rings (SSSR count). The zero-order chi connectivity index (χ0) is 15.8. The van der Waals surface area contributed by atoms with Crippen molar-refractivity contribution in [1.82, 2.24) is 5.32 Å². The van der Waals surface area contributed by atoms with Gasteiger partial charge in [-0.3, -0.25) is 9.59 Å². The molecule has 0 spiro atoms. The zero-order valence-electron chi connectivity index (χ0n) is 11.7. The molecule has 0 saturated heterocycles. The van der Waals surface area contributed by atoms with Crippen molar-refractivity contribution in [1.29, 1.82) is 0 Å². The third-order valence-electron chi connectivity index (χ3n) is 2.78. The van der Waals surface area contributed by atoms with E-state index in [4.69, 9.17) is 10.8 Å². The molecule has 0 radical (unpaired) electrons. The quantitative estimate of drug-likeness (QED) is 0.663. The fourth-order valence-corrected chi connectivity index (χ4v) is 2.27. The standard InChI is InChI=1S/C14H18N2O4S/c1-21-8-9-3-2-4-10(7-9)13(18)16-11(14(19)20)5-6-12(15)17/h2-4,7,11H,5-6,8H2,1H3,(H2,15,17)(H,16,18)(H,19,20). The van der Waals surface area contributed by atoms with Gasteiger partial charge in [-0.2, -0.15) is 11.8 Å². The van der Waals surface area contributed by atoms with Crippen LogP contribution >= 0.6 is 11.8 Å². The molecule has 6 nitrogen and oxygen atoms in total. The van der Waals surface area contributed by atoms with E-state index in [0.29, 0.717) is 5.56 Å². The molecule has 0 fully saturated rings. The normalized spacial score (nSPS) is 11.7. The van der Waals surface area contributed by atoms with Crippen molar-refractivity contribution >= 4 is 29.5 Å². The van der Waals surface area contributed by atoms with E-state index < -0.39 is 23.8 Å². The Hall–Kier alpha value is -2.02. The molecular formula is C14H18N2O4S. The van der Waals surface area contributed by atoms with Gasteiger partial charge in [0, 0.05) is 17.7 Å². The molecule has 0 aliphatic carbocycles. The van der Waals surface area contributed by atoms with Gasteiger partial charge in [-0.25, -0.2) is 4.79 Å². The van der Waals surface area contributed by atoms with Crippen LogP contribution in [0.15, 0.2) is 24.3 Å². The Morgan fingerprint density at radius 3 is 2.67 bits per heavy atom. The number of primary amides is 1. The largest absolute Gasteiger partial charge is 0.480 e. The molecule has 0 heterocycles. The van der Waals surface area contributed by atoms with Gasteiger partial charge < -0.3 is 16.2 Å². The van der Waals surface area contributed by atoms with Gasteiger partial charge in [0.15, 0.2) is 0 Å². The minimum Gasteiger partial charge on any atom is -0.480 e. The third kappa shape index (κ3) is 5.86. The van der Waals surface area contributed by atoms with Gasteiger partial charge in [0.2, 0.25) is 5.91 Å². The van der Waals surface area contributed by atoms with Crippen molar-refractivity contribution < 1.29 is 19.5 Å². The van der Waals surface area contributed by atoms with Crippen LogP contribution in [0.5, 0.6) is 0 Å². The van der Waals surface area contributed by atoms with Gasteiger partial charge in [-0.05, 0) is 30.4 Å². The van der Waals surface area contributed by atoms with Gasteiger partial charge in [-0.1, -0.05) is 12.1 Å². The number of benzene rings is 1. The summed E-state index contributed by atoms with van der Waals surface area (Å²) >= 11 is 1.63. The van der Waals surface area contributed by atoms with Crippen LogP contribution in [0.4, 0.5) is 0 Å². The van der Waals surface area contributed by atoms with E-state index in [9.17, 15) is 14.4 Å². The molecule has 4 N–H and O–H groups in total. The predicted molar refractivity (Wildman–Crippen MR) is 81.0 cm³/mol. The highest BCUT2D eigenvalue weighted by atomic mass is 32.2. The number of amides is 2. The lowest BCUT2D eigenvalue weighted by Gasteiger charge is -2.14. The molecule has 0 saturated carbocycles. The van der Waals surface area contributed by atoms with Crippen LogP contribution in [0.3, 0.4) is 0 Å². The smallest absolute Gasteiger partial charge is 0.326 e. The number of rotatable bonds is 8.